The fourth-order valence-electron chi connectivity index (χ4n) is 3.81. The second-order valence-corrected chi connectivity index (χ2v) is 9.96. The summed E-state index contributed by atoms with van der Waals surface area (Å²) in [5.74, 6) is 1.02. The van der Waals surface area contributed by atoms with Crippen LogP contribution in [0.3, 0.4) is 0 Å². The molecule has 0 radical (unpaired) electrons. The Balaban J connectivity index is 1.49. The first-order valence-corrected chi connectivity index (χ1v) is 13.0. The molecule has 1 aliphatic heterocycles. The number of anilines is 5. The van der Waals surface area contributed by atoms with Crippen LogP contribution in [0, 0.1) is 0 Å². The van der Waals surface area contributed by atoms with E-state index in [-0.39, 0.29) is 22.9 Å². The van der Waals surface area contributed by atoms with Crippen molar-refractivity contribution in [1.29, 1.82) is 0 Å². The zero-order valence-electron chi connectivity index (χ0n) is 20.1. The van der Waals surface area contributed by atoms with Crippen molar-refractivity contribution in [2.24, 2.45) is 0 Å². The topological polar surface area (TPSA) is 139 Å². The lowest BCUT2D eigenvalue weighted by atomic mass is 10.2. The van der Waals surface area contributed by atoms with E-state index in [1.807, 2.05) is 18.2 Å². The number of aromatic nitrogens is 3. The quantitative estimate of drug-likeness (QED) is 0.482. The Morgan fingerprint density at radius 2 is 1.61 bits per heavy atom. The third-order valence-corrected chi connectivity index (χ3v) is 6.77. The van der Waals surface area contributed by atoms with E-state index in [0.29, 0.717) is 43.3 Å². The molecule has 1 aromatic heterocycles. The van der Waals surface area contributed by atoms with Crippen molar-refractivity contribution in [3.8, 4) is 5.75 Å². The summed E-state index contributed by atoms with van der Waals surface area (Å²) in [5.41, 5.74) is 1.96. The highest BCUT2D eigenvalue weighted by atomic mass is 32.2. The number of hydrogen-bond acceptors (Lipinski definition) is 11. The summed E-state index contributed by atoms with van der Waals surface area (Å²) in [5, 5.41) is 6.07. The van der Waals surface area contributed by atoms with Crippen molar-refractivity contribution in [2.45, 2.75) is 4.90 Å². The maximum atomic E-state index is 12.1. The third-order valence-electron chi connectivity index (χ3n) is 5.61. The average Bonchev–Trinajstić information content (AvgIpc) is 2.88. The molecule has 3 aromatic rings. The molecule has 0 saturated carbocycles. The minimum Gasteiger partial charge on any atom is -0.494 e. The molecule has 12 nitrogen and oxygen atoms in total. The third kappa shape index (κ3) is 5.74. The van der Waals surface area contributed by atoms with Gasteiger partial charge in [0, 0.05) is 44.2 Å². The fourth-order valence-corrected chi connectivity index (χ4v) is 4.65. The molecule has 1 aliphatic rings. The van der Waals surface area contributed by atoms with E-state index >= 15 is 0 Å². The van der Waals surface area contributed by atoms with E-state index in [1.165, 1.54) is 19.5 Å². The van der Waals surface area contributed by atoms with Gasteiger partial charge < -0.3 is 29.9 Å². The average molecular weight is 514 g/mol. The van der Waals surface area contributed by atoms with E-state index < -0.39 is 9.84 Å². The molecule has 2 N–H and O–H groups in total. The molecule has 0 atom stereocenters. The van der Waals surface area contributed by atoms with Crippen molar-refractivity contribution >= 4 is 44.9 Å². The summed E-state index contributed by atoms with van der Waals surface area (Å²) in [6.45, 7) is 2.47. The molecule has 0 spiro atoms. The number of carbonyl (C=O) groups is 1. The summed E-state index contributed by atoms with van der Waals surface area (Å²) < 4.78 is 34.5. The number of piperazine rings is 1. The second kappa shape index (κ2) is 10.6. The van der Waals surface area contributed by atoms with Crippen LogP contribution in [0.25, 0.3) is 0 Å². The lowest BCUT2D eigenvalue weighted by Gasteiger charge is -2.35. The highest BCUT2D eigenvalue weighted by molar-refractivity contribution is 7.90. The van der Waals surface area contributed by atoms with E-state index in [2.05, 4.69) is 30.5 Å². The molecule has 4 rings (SSSR count). The number of para-hydroxylation sites is 1. The summed E-state index contributed by atoms with van der Waals surface area (Å²) in [4.78, 5) is 28.3. The smallest absolute Gasteiger partial charge is 0.409 e. The number of nitrogens with zero attached hydrogens (tertiary/aromatic N) is 5. The zero-order chi connectivity index (χ0) is 25.7. The summed E-state index contributed by atoms with van der Waals surface area (Å²) in [6.07, 6.45) is 2.14. The first kappa shape index (κ1) is 25.0. The highest BCUT2D eigenvalue weighted by Gasteiger charge is 2.22. The van der Waals surface area contributed by atoms with Gasteiger partial charge in [-0.25, -0.2) is 23.2 Å². The van der Waals surface area contributed by atoms with Crippen LogP contribution in [-0.2, 0) is 14.6 Å². The van der Waals surface area contributed by atoms with Crippen LogP contribution in [0.15, 0.2) is 53.7 Å². The zero-order valence-corrected chi connectivity index (χ0v) is 20.9. The summed E-state index contributed by atoms with van der Waals surface area (Å²) >= 11 is 0. The standard InChI is InChI=1S/C23H27N7O5S/c1-34-19-14-16(29-10-12-30(13-11-29)23(31)35-2)8-9-17(19)26-21-24-15-25-22(28-21)27-18-6-4-5-7-20(18)36(3,32)33/h4-9,14-15H,10-13H2,1-3H3,(H2,24,25,26,27,28). The molecule has 0 bridgehead atoms. The number of sulfone groups is 1. The molecule has 13 heteroatoms. The number of nitrogens with one attached hydrogen (secondary N) is 2. The van der Waals surface area contributed by atoms with Crippen LogP contribution in [0.2, 0.25) is 0 Å². The van der Waals surface area contributed by atoms with Crippen LogP contribution in [0.1, 0.15) is 0 Å². The molecule has 2 heterocycles. The Hall–Kier alpha value is -4.13. The van der Waals surface area contributed by atoms with Gasteiger partial charge in [-0.15, -0.1) is 0 Å². The van der Waals surface area contributed by atoms with Crippen molar-refractivity contribution in [2.75, 3.05) is 62.2 Å². The van der Waals surface area contributed by atoms with E-state index in [4.69, 9.17) is 9.47 Å². The van der Waals surface area contributed by atoms with E-state index in [9.17, 15) is 13.2 Å². The van der Waals surface area contributed by atoms with Gasteiger partial charge in [-0.05, 0) is 24.3 Å². The number of carbonyl (C=O) groups excluding carboxylic acids is 1. The second-order valence-electron chi connectivity index (χ2n) is 7.98. The van der Waals surface area contributed by atoms with Crippen LogP contribution in [-0.4, -0.2) is 81.0 Å². The minimum atomic E-state index is -3.44. The number of hydrogen-bond donors (Lipinski definition) is 2. The van der Waals surface area contributed by atoms with Crippen LogP contribution in [0.4, 0.5) is 33.8 Å². The minimum absolute atomic E-state index is 0.143. The van der Waals surface area contributed by atoms with Gasteiger partial charge in [-0.3, -0.25) is 0 Å². The summed E-state index contributed by atoms with van der Waals surface area (Å²) in [6, 6.07) is 12.2. The molecule has 1 amide bonds. The first-order chi connectivity index (χ1) is 17.3. The molecule has 190 valence electrons. The Kier molecular flexibility index (Phi) is 7.38. The van der Waals surface area contributed by atoms with Gasteiger partial charge in [0.25, 0.3) is 0 Å². The van der Waals surface area contributed by atoms with Crippen LogP contribution in [0.5, 0.6) is 5.75 Å². The van der Waals surface area contributed by atoms with Gasteiger partial charge in [-0.1, -0.05) is 12.1 Å². The van der Waals surface area contributed by atoms with Gasteiger partial charge in [0.1, 0.15) is 12.1 Å². The van der Waals surface area contributed by atoms with Gasteiger partial charge in [0.2, 0.25) is 11.9 Å². The fraction of sp³-hybridized carbons (Fsp3) is 0.304. The Labute approximate surface area is 209 Å². The normalized spacial score (nSPS) is 13.8. The Bertz CT molecular complexity index is 1340. The van der Waals surface area contributed by atoms with Gasteiger partial charge >= 0.3 is 6.09 Å². The maximum absolute atomic E-state index is 12.1. The molecule has 1 saturated heterocycles. The Morgan fingerprint density at radius 3 is 2.25 bits per heavy atom. The SMILES string of the molecule is COC(=O)N1CCN(c2ccc(Nc3ncnc(Nc4ccccc4S(C)(=O)=O)n3)c(OC)c2)CC1. The number of methoxy groups -OCH3 is 2. The summed E-state index contributed by atoms with van der Waals surface area (Å²) in [7, 11) is -0.487. The molecular formula is C23H27N7O5S. The van der Waals surface area contributed by atoms with E-state index in [0.717, 1.165) is 11.9 Å². The number of benzene rings is 2. The van der Waals surface area contributed by atoms with Gasteiger partial charge in [0.15, 0.2) is 9.84 Å². The molecular weight excluding hydrogens is 486 g/mol. The molecule has 2 aromatic carbocycles. The number of amides is 1. The van der Waals surface area contributed by atoms with Crippen molar-refractivity contribution < 1.29 is 22.7 Å². The van der Waals surface area contributed by atoms with Crippen molar-refractivity contribution in [3.05, 3.63) is 48.8 Å². The Morgan fingerprint density at radius 1 is 0.944 bits per heavy atom. The van der Waals surface area contributed by atoms with Gasteiger partial charge in [-0.2, -0.15) is 4.98 Å². The van der Waals surface area contributed by atoms with Crippen molar-refractivity contribution in [1.82, 2.24) is 19.9 Å². The molecule has 1 fully saturated rings. The molecule has 0 aliphatic carbocycles. The molecule has 0 unspecified atom stereocenters. The number of rotatable bonds is 7. The van der Waals surface area contributed by atoms with Crippen molar-refractivity contribution in [3.63, 3.8) is 0 Å². The van der Waals surface area contributed by atoms with Gasteiger partial charge in [0.05, 0.1) is 30.5 Å². The van der Waals surface area contributed by atoms with Crippen LogP contribution < -0.4 is 20.3 Å². The maximum Gasteiger partial charge on any atom is 0.409 e. The monoisotopic (exact) mass is 513 g/mol. The lowest BCUT2D eigenvalue weighted by molar-refractivity contribution is 0.121. The predicted octanol–water partition coefficient (Wildman–Crippen LogP) is 2.66. The highest BCUT2D eigenvalue weighted by Crippen LogP contribution is 2.32. The first-order valence-electron chi connectivity index (χ1n) is 11.1. The van der Waals surface area contributed by atoms with Crippen LogP contribution >= 0.6 is 0 Å². The predicted molar refractivity (Wildman–Crippen MR) is 135 cm³/mol. The largest absolute Gasteiger partial charge is 0.494 e. The lowest BCUT2D eigenvalue weighted by Crippen LogP contribution is -2.48. The number of ether oxygens (including phenoxy) is 2. The van der Waals surface area contributed by atoms with E-state index in [1.54, 1.807) is 30.2 Å². The molecule has 36 heavy (non-hydrogen) atoms.